The minimum absolute atomic E-state index is 0.0104. The van der Waals surface area contributed by atoms with E-state index >= 15 is 0 Å². The molecule has 0 amide bonds. The zero-order chi connectivity index (χ0) is 26.2. The van der Waals surface area contributed by atoms with Gasteiger partial charge in [0.05, 0.1) is 23.1 Å². The number of carbonyl (C=O) groups is 2. The Morgan fingerprint density at radius 1 is 1.03 bits per heavy atom. The van der Waals surface area contributed by atoms with Crippen molar-refractivity contribution in [3.63, 3.8) is 0 Å². The van der Waals surface area contributed by atoms with Crippen LogP contribution in [0.2, 0.25) is 0 Å². The molecule has 7 nitrogen and oxygen atoms in total. The number of ether oxygens (including phenoxy) is 2. The number of Topliss-reactive ketones (excluding diaryl/α,β-unsaturated/α-hetero) is 1. The van der Waals surface area contributed by atoms with Gasteiger partial charge in [0.15, 0.2) is 11.2 Å². The summed E-state index contributed by atoms with van der Waals surface area (Å²) in [5, 5.41) is 3.68. The molecule has 1 aliphatic carbocycles. The highest BCUT2D eigenvalue weighted by Gasteiger charge is 2.44. The van der Waals surface area contributed by atoms with Crippen LogP contribution < -0.4 is 15.5 Å². The van der Waals surface area contributed by atoms with Gasteiger partial charge in [-0.2, -0.15) is 0 Å². The van der Waals surface area contributed by atoms with E-state index in [-0.39, 0.29) is 41.0 Å². The van der Waals surface area contributed by atoms with E-state index in [0.29, 0.717) is 40.8 Å². The van der Waals surface area contributed by atoms with Crippen molar-refractivity contribution >= 4 is 22.7 Å². The van der Waals surface area contributed by atoms with Crippen LogP contribution in [0.15, 0.2) is 92.6 Å². The van der Waals surface area contributed by atoms with Gasteiger partial charge in [0.25, 0.3) is 0 Å². The van der Waals surface area contributed by atoms with Crippen molar-refractivity contribution in [3.8, 4) is 5.75 Å². The molecular weight excluding hydrogens is 470 g/mol. The van der Waals surface area contributed by atoms with E-state index in [0.717, 1.165) is 5.70 Å². The smallest absolute Gasteiger partial charge is 0.336 e. The number of hydrogen-bond donors (Lipinski definition) is 1. The minimum Gasteiger partial charge on any atom is -0.490 e. The van der Waals surface area contributed by atoms with Gasteiger partial charge in [0, 0.05) is 29.0 Å². The minimum atomic E-state index is -0.886. The second-order valence-corrected chi connectivity index (χ2v) is 10.2. The molecular formula is C30H29NO6. The summed E-state index contributed by atoms with van der Waals surface area (Å²) in [5.74, 6) is -0.918. The average Bonchev–Trinajstić information content (AvgIpc) is 2.86. The van der Waals surface area contributed by atoms with Gasteiger partial charge < -0.3 is 19.2 Å². The van der Waals surface area contributed by atoms with Gasteiger partial charge in [-0.25, -0.2) is 4.79 Å². The van der Waals surface area contributed by atoms with E-state index < -0.39 is 11.9 Å². The molecule has 2 heterocycles. The van der Waals surface area contributed by atoms with Crippen molar-refractivity contribution in [1.82, 2.24) is 5.32 Å². The third kappa shape index (κ3) is 4.81. The largest absolute Gasteiger partial charge is 0.490 e. The Bertz CT molecular complexity index is 1500. The summed E-state index contributed by atoms with van der Waals surface area (Å²) < 4.78 is 17.0. The quantitative estimate of drug-likeness (QED) is 0.376. The van der Waals surface area contributed by atoms with E-state index in [9.17, 15) is 14.4 Å². The lowest BCUT2D eigenvalue weighted by atomic mass is 9.68. The highest BCUT2D eigenvalue weighted by Crippen LogP contribution is 2.46. The molecule has 2 aromatic carbocycles. The van der Waals surface area contributed by atoms with Gasteiger partial charge in [0.1, 0.15) is 24.5 Å². The molecule has 1 unspecified atom stereocenters. The Kier molecular flexibility index (Phi) is 6.46. The van der Waals surface area contributed by atoms with Gasteiger partial charge in [-0.1, -0.05) is 44.2 Å². The van der Waals surface area contributed by atoms with Gasteiger partial charge in [-0.15, -0.1) is 0 Å². The Morgan fingerprint density at radius 2 is 1.76 bits per heavy atom. The number of dihydropyridines is 1. The number of para-hydroxylation sites is 2. The monoisotopic (exact) mass is 499 g/mol. The molecule has 37 heavy (non-hydrogen) atoms. The predicted octanol–water partition coefficient (Wildman–Crippen LogP) is 5.02. The summed E-state index contributed by atoms with van der Waals surface area (Å²) in [6.07, 6.45) is 2.31. The lowest BCUT2D eigenvalue weighted by Gasteiger charge is -2.39. The Morgan fingerprint density at radius 3 is 2.54 bits per heavy atom. The lowest BCUT2D eigenvalue weighted by Crippen LogP contribution is -2.39. The van der Waals surface area contributed by atoms with Crippen molar-refractivity contribution in [2.75, 3.05) is 13.2 Å². The van der Waals surface area contributed by atoms with Crippen molar-refractivity contribution < 1.29 is 23.5 Å². The topological polar surface area (TPSA) is 94.8 Å². The maximum atomic E-state index is 13.6. The Labute approximate surface area is 214 Å². The van der Waals surface area contributed by atoms with Crippen molar-refractivity contribution in [2.45, 2.75) is 39.5 Å². The first-order valence-corrected chi connectivity index (χ1v) is 12.3. The maximum Gasteiger partial charge on any atom is 0.336 e. The predicted molar refractivity (Wildman–Crippen MR) is 139 cm³/mol. The number of carbonyl (C=O) groups excluding carboxylic acids is 2. The summed E-state index contributed by atoms with van der Waals surface area (Å²) in [6.45, 7) is 6.01. The van der Waals surface area contributed by atoms with Crippen molar-refractivity contribution in [2.24, 2.45) is 5.41 Å². The SMILES string of the molecule is CC1=C(C(=O)OCCOc2ccccc2)C(c2coc3ccccc3c2=O)C2=C(CC(C)(C)CC2=O)N1. The van der Waals surface area contributed by atoms with Crippen LogP contribution in [0.4, 0.5) is 0 Å². The number of hydrogen-bond acceptors (Lipinski definition) is 7. The number of ketones is 1. The van der Waals surface area contributed by atoms with E-state index in [1.807, 2.05) is 44.2 Å². The molecule has 7 heteroatoms. The third-order valence-electron chi connectivity index (χ3n) is 6.81. The molecule has 1 atom stereocenters. The van der Waals surface area contributed by atoms with Crippen molar-refractivity contribution in [1.29, 1.82) is 0 Å². The molecule has 0 saturated heterocycles. The highest BCUT2D eigenvalue weighted by atomic mass is 16.6. The summed E-state index contributed by atoms with van der Waals surface area (Å²) in [5.41, 5.74) is 2.12. The second kappa shape index (κ2) is 9.73. The first kappa shape index (κ1) is 24.6. The summed E-state index contributed by atoms with van der Waals surface area (Å²) in [7, 11) is 0. The first-order chi connectivity index (χ1) is 17.7. The van der Waals surface area contributed by atoms with E-state index in [1.165, 1.54) is 6.26 Å². The van der Waals surface area contributed by atoms with E-state index in [2.05, 4.69) is 5.32 Å². The molecule has 0 radical (unpaired) electrons. The molecule has 0 fully saturated rings. The normalized spacial score (nSPS) is 18.9. The molecule has 0 saturated carbocycles. The van der Waals surface area contributed by atoms with Crippen LogP contribution in [-0.4, -0.2) is 25.0 Å². The number of esters is 1. The van der Waals surface area contributed by atoms with Crippen LogP contribution in [0.1, 0.15) is 45.1 Å². The van der Waals surface area contributed by atoms with Crippen LogP contribution in [0, 0.1) is 5.41 Å². The van der Waals surface area contributed by atoms with Gasteiger partial charge >= 0.3 is 5.97 Å². The highest BCUT2D eigenvalue weighted by molar-refractivity contribution is 6.04. The number of nitrogens with one attached hydrogen (secondary N) is 1. The number of rotatable bonds is 6. The van der Waals surface area contributed by atoms with Crippen LogP contribution in [0.3, 0.4) is 0 Å². The number of benzene rings is 2. The van der Waals surface area contributed by atoms with Crippen molar-refractivity contribution in [3.05, 3.63) is 99.2 Å². The van der Waals surface area contributed by atoms with Gasteiger partial charge in [0.2, 0.25) is 0 Å². The zero-order valence-corrected chi connectivity index (χ0v) is 21.1. The van der Waals surface area contributed by atoms with Crippen LogP contribution >= 0.6 is 0 Å². The fourth-order valence-corrected chi connectivity index (χ4v) is 5.20. The van der Waals surface area contributed by atoms with Gasteiger partial charge in [-0.05, 0) is 43.0 Å². The Hall–Kier alpha value is -4.13. The summed E-state index contributed by atoms with van der Waals surface area (Å²) >= 11 is 0. The third-order valence-corrected chi connectivity index (χ3v) is 6.81. The number of fused-ring (bicyclic) bond motifs is 1. The van der Waals surface area contributed by atoms with Gasteiger partial charge in [-0.3, -0.25) is 9.59 Å². The molecule has 0 spiro atoms. The molecule has 190 valence electrons. The maximum absolute atomic E-state index is 13.6. The average molecular weight is 500 g/mol. The van der Waals surface area contributed by atoms with E-state index in [4.69, 9.17) is 13.9 Å². The molecule has 3 aromatic rings. The Balaban J connectivity index is 1.51. The molecule has 5 rings (SSSR count). The first-order valence-electron chi connectivity index (χ1n) is 12.3. The molecule has 2 aliphatic rings. The fourth-order valence-electron chi connectivity index (χ4n) is 5.20. The molecule has 0 bridgehead atoms. The molecule has 1 aliphatic heterocycles. The summed E-state index contributed by atoms with van der Waals surface area (Å²) in [6, 6.07) is 16.2. The summed E-state index contributed by atoms with van der Waals surface area (Å²) in [4.78, 5) is 40.5. The van der Waals surface area contributed by atoms with Crippen LogP contribution in [0.5, 0.6) is 5.75 Å². The lowest BCUT2D eigenvalue weighted by molar-refractivity contribution is -0.140. The fraction of sp³-hybridized carbons (Fsp3) is 0.300. The molecule has 1 N–H and O–H groups in total. The van der Waals surface area contributed by atoms with E-state index in [1.54, 1.807) is 31.2 Å². The van der Waals surface area contributed by atoms with Crippen LogP contribution in [0.25, 0.3) is 11.0 Å². The number of allylic oxidation sites excluding steroid dienone is 3. The van der Waals surface area contributed by atoms with Crippen LogP contribution in [-0.2, 0) is 14.3 Å². The standard InChI is InChI=1S/C30H29NO6/c1-18-25(29(34)36-14-13-35-19-9-5-4-6-10-19)26(27-22(31-18)15-30(2,3)16-23(27)32)21-17-37-24-12-8-7-11-20(24)28(21)33/h4-12,17,26,31H,13-16H2,1-3H3. The molecule has 1 aromatic heterocycles. The second-order valence-electron chi connectivity index (χ2n) is 10.2. The zero-order valence-electron chi connectivity index (χ0n) is 21.1.